The van der Waals surface area contributed by atoms with Crippen LogP contribution in [0, 0.1) is 6.92 Å². The molecular weight excluding hydrogens is 316 g/mol. The van der Waals surface area contributed by atoms with Gasteiger partial charge in [0.2, 0.25) is 0 Å². The summed E-state index contributed by atoms with van der Waals surface area (Å²) in [7, 11) is 0. The average molecular weight is 329 g/mol. The van der Waals surface area contributed by atoms with Crippen LogP contribution in [0.15, 0.2) is 47.1 Å². The highest BCUT2D eigenvalue weighted by atomic mass is 79.9. The normalized spacial score (nSPS) is 10.7. The number of hydrogen-bond donors (Lipinski definition) is 2. The molecule has 1 aromatic carbocycles. The molecule has 3 N–H and O–H groups in total. The Morgan fingerprint density at radius 3 is 2.85 bits per heavy atom. The lowest BCUT2D eigenvalue weighted by molar-refractivity contribution is 1.20. The third-order valence-electron chi connectivity index (χ3n) is 3.07. The second-order valence-electron chi connectivity index (χ2n) is 4.53. The number of aryl methyl sites for hydroxylation is 1. The molecule has 0 atom stereocenters. The molecule has 4 nitrogen and oxygen atoms in total. The Balaban J connectivity index is 2.04. The Kier molecular flexibility index (Phi) is 3.28. The Labute approximate surface area is 125 Å². The molecule has 0 unspecified atom stereocenters. The maximum absolute atomic E-state index is 5.78. The Morgan fingerprint density at radius 1 is 1.20 bits per heavy atom. The predicted octanol–water partition coefficient (Wildman–Crippen LogP) is 4.03. The average Bonchev–Trinajstić information content (AvgIpc) is 2.43. The standard InChI is InChI=1S/C15H13BrN4/c1-9-12(17)5-6-14(19-9)20-13-4-2-3-10-7-11(16)8-18-15(10)13/h2-8H,17H2,1H3,(H,19,20). The second kappa shape index (κ2) is 5.09. The van der Waals surface area contributed by atoms with Crippen molar-refractivity contribution in [1.29, 1.82) is 0 Å². The highest BCUT2D eigenvalue weighted by molar-refractivity contribution is 9.10. The highest BCUT2D eigenvalue weighted by Crippen LogP contribution is 2.26. The summed E-state index contributed by atoms with van der Waals surface area (Å²) in [6.45, 7) is 1.89. The van der Waals surface area contributed by atoms with Crippen molar-refractivity contribution >= 4 is 44.0 Å². The Hall–Kier alpha value is -2.14. The van der Waals surface area contributed by atoms with Gasteiger partial charge in [0.15, 0.2) is 0 Å². The maximum atomic E-state index is 5.78. The van der Waals surface area contributed by atoms with E-state index in [9.17, 15) is 0 Å². The zero-order valence-corrected chi connectivity index (χ0v) is 12.5. The third kappa shape index (κ3) is 2.44. The molecule has 0 aliphatic heterocycles. The maximum Gasteiger partial charge on any atom is 0.130 e. The van der Waals surface area contributed by atoms with E-state index in [-0.39, 0.29) is 0 Å². The number of aromatic nitrogens is 2. The molecule has 0 radical (unpaired) electrons. The van der Waals surface area contributed by atoms with E-state index in [1.54, 1.807) is 6.20 Å². The first kappa shape index (κ1) is 12.9. The summed E-state index contributed by atoms with van der Waals surface area (Å²) in [5.74, 6) is 0.758. The Morgan fingerprint density at radius 2 is 2.05 bits per heavy atom. The first-order valence-electron chi connectivity index (χ1n) is 6.18. The van der Waals surface area contributed by atoms with Crippen LogP contribution >= 0.6 is 15.9 Å². The molecule has 0 aliphatic carbocycles. The van der Waals surface area contributed by atoms with Crippen molar-refractivity contribution in [3.05, 3.63) is 52.8 Å². The number of halogens is 1. The third-order valence-corrected chi connectivity index (χ3v) is 3.50. The molecule has 0 saturated carbocycles. The fourth-order valence-corrected chi connectivity index (χ4v) is 2.36. The van der Waals surface area contributed by atoms with Crippen LogP contribution in [0.2, 0.25) is 0 Å². The van der Waals surface area contributed by atoms with Crippen molar-refractivity contribution in [2.45, 2.75) is 6.92 Å². The minimum atomic E-state index is 0.690. The van der Waals surface area contributed by atoms with Gasteiger partial charge in [-0.25, -0.2) is 4.98 Å². The number of nitrogens with one attached hydrogen (secondary N) is 1. The van der Waals surface area contributed by atoms with E-state index in [1.165, 1.54) is 0 Å². The molecule has 0 spiro atoms. The van der Waals surface area contributed by atoms with E-state index in [1.807, 2.05) is 43.3 Å². The predicted molar refractivity (Wildman–Crippen MR) is 86.1 cm³/mol. The number of benzene rings is 1. The minimum absolute atomic E-state index is 0.690. The molecule has 3 aromatic rings. The number of pyridine rings is 2. The van der Waals surface area contributed by atoms with Crippen molar-refractivity contribution in [1.82, 2.24) is 9.97 Å². The lowest BCUT2D eigenvalue weighted by Gasteiger charge is -2.10. The first-order chi connectivity index (χ1) is 9.63. The van der Waals surface area contributed by atoms with Crippen LogP contribution < -0.4 is 11.1 Å². The van der Waals surface area contributed by atoms with Gasteiger partial charge < -0.3 is 11.1 Å². The summed E-state index contributed by atoms with van der Waals surface area (Å²) < 4.78 is 0.962. The largest absolute Gasteiger partial charge is 0.397 e. The summed E-state index contributed by atoms with van der Waals surface area (Å²) in [4.78, 5) is 8.87. The lowest BCUT2D eigenvalue weighted by atomic mass is 10.2. The number of hydrogen-bond acceptors (Lipinski definition) is 4. The van der Waals surface area contributed by atoms with Crippen LogP contribution in [0.25, 0.3) is 10.9 Å². The molecule has 3 rings (SSSR count). The summed E-state index contributed by atoms with van der Waals surface area (Å²) in [6.07, 6.45) is 1.79. The van der Waals surface area contributed by atoms with E-state index >= 15 is 0 Å². The second-order valence-corrected chi connectivity index (χ2v) is 5.44. The number of nitrogen functional groups attached to an aromatic ring is 1. The molecule has 0 saturated heterocycles. The molecule has 0 fully saturated rings. The van der Waals surface area contributed by atoms with Crippen LogP contribution in [0.3, 0.4) is 0 Å². The summed E-state index contributed by atoms with van der Waals surface area (Å²) in [6, 6.07) is 11.7. The van der Waals surface area contributed by atoms with Gasteiger partial charge in [0.25, 0.3) is 0 Å². The van der Waals surface area contributed by atoms with Crippen molar-refractivity contribution < 1.29 is 0 Å². The van der Waals surface area contributed by atoms with Crippen molar-refractivity contribution in [3.8, 4) is 0 Å². The first-order valence-corrected chi connectivity index (χ1v) is 6.97. The topological polar surface area (TPSA) is 63.8 Å². The van der Waals surface area contributed by atoms with Gasteiger partial charge >= 0.3 is 0 Å². The fourth-order valence-electron chi connectivity index (χ4n) is 2.01. The van der Waals surface area contributed by atoms with Crippen molar-refractivity contribution in [2.75, 3.05) is 11.1 Å². The zero-order chi connectivity index (χ0) is 14.1. The molecule has 5 heteroatoms. The van der Waals surface area contributed by atoms with Gasteiger partial charge in [-0.2, -0.15) is 0 Å². The molecule has 0 amide bonds. The number of rotatable bonds is 2. The zero-order valence-electron chi connectivity index (χ0n) is 10.9. The molecule has 20 heavy (non-hydrogen) atoms. The molecule has 0 aliphatic rings. The highest BCUT2D eigenvalue weighted by Gasteiger charge is 2.05. The van der Waals surface area contributed by atoms with Gasteiger partial charge in [0.1, 0.15) is 5.82 Å². The number of para-hydroxylation sites is 1. The van der Waals surface area contributed by atoms with Gasteiger partial charge in [-0.05, 0) is 47.1 Å². The SMILES string of the molecule is Cc1nc(Nc2cccc3cc(Br)cnc23)ccc1N. The summed E-state index contributed by atoms with van der Waals surface area (Å²) in [5, 5.41) is 4.36. The van der Waals surface area contributed by atoms with Gasteiger partial charge in [-0.1, -0.05) is 12.1 Å². The molecule has 2 heterocycles. The lowest BCUT2D eigenvalue weighted by Crippen LogP contribution is -1.99. The quantitative estimate of drug-likeness (QED) is 0.745. The summed E-state index contributed by atoms with van der Waals surface area (Å²) >= 11 is 3.43. The van der Waals surface area contributed by atoms with Gasteiger partial charge in [-0.15, -0.1) is 0 Å². The van der Waals surface area contributed by atoms with Crippen LogP contribution in [-0.4, -0.2) is 9.97 Å². The molecule has 0 bridgehead atoms. The van der Waals surface area contributed by atoms with Gasteiger partial charge in [-0.3, -0.25) is 4.98 Å². The van der Waals surface area contributed by atoms with Crippen molar-refractivity contribution in [3.63, 3.8) is 0 Å². The fraction of sp³-hybridized carbons (Fsp3) is 0.0667. The number of anilines is 3. The van der Waals surface area contributed by atoms with Crippen LogP contribution in [0.1, 0.15) is 5.69 Å². The van der Waals surface area contributed by atoms with E-state index in [4.69, 9.17) is 5.73 Å². The molecule has 2 aromatic heterocycles. The van der Waals surface area contributed by atoms with Crippen LogP contribution in [-0.2, 0) is 0 Å². The molecular formula is C15H13BrN4. The van der Waals surface area contributed by atoms with E-state index < -0.39 is 0 Å². The minimum Gasteiger partial charge on any atom is -0.397 e. The van der Waals surface area contributed by atoms with Gasteiger partial charge in [0, 0.05) is 16.1 Å². The monoisotopic (exact) mass is 328 g/mol. The van der Waals surface area contributed by atoms with E-state index in [0.29, 0.717) is 5.69 Å². The van der Waals surface area contributed by atoms with Gasteiger partial charge in [0.05, 0.1) is 22.6 Å². The van der Waals surface area contributed by atoms with Crippen molar-refractivity contribution in [2.24, 2.45) is 0 Å². The van der Waals surface area contributed by atoms with Crippen LogP contribution in [0.4, 0.5) is 17.2 Å². The number of nitrogens with zero attached hydrogens (tertiary/aromatic N) is 2. The van der Waals surface area contributed by atoms with Crippen LogP contribution in [0.5, 0.6) is 0 Å². The van der Waals surface area contributed by atoms with E-state index in [0.717, 1.165) is 32.6 Å². The number of fused-ring (bicyclic) bond motifs is 1. The van der Waals surface area contributed by atoms with E-state index in [2.05, 4.69) is 31.2 Å². The summed E-state index contributed by atoms with van der Waals surface area (Å²) in [5.41, 5.74) is 9.11. The molecule has 100 valence electrons. The Bertz CT molecular complexity index is 786. The number of nitrogens with two attached hydrogens (primary N) is 1. The smallest absolute Gasteiger partial charge is 0.130 e.